The summed E-state index contributed by atoms with van der Waals surface area (Å²) >= 11 is 0. The molecule has 9 heavy (non-hydrogen) atoms. The van der Waals surface area contributed by atoms with E-state index in [-0.39, 0.29) is 5.92 Å². The lowest BCUT2D eigenvalue weighted by Gasteiger charge is -2.15. The van der Waals surface area contributed by atoms with Gasteiger partial charge in [-0.15, -0.1) is 0 Å². The van der Waals surface area contributed by atoms with Gasteiger partial charge in [0.05, 0.1) is 0 Å². The molecule has 0 aromatic carbocycles. The summed E-state index contributed by atoms with van der Waals surface area (Å²) in [5.74, 6) is -0.631. The Bertz CT molecular complexity index is 108. The summed E-state index contributed by atoms with van der Waals surface area (Å²) < 4.78 is 0. The van der Waals surface area contributed by atoms with Crippen LogP contribution in [0.25, 0.3) is 0 Å². The lowest BCUT2D eigenvalue weighted by atomic mass is 9.60. The number of carboxylic acids is 1. The third-order valence-electron chi connectivity index (χ3n) is 1.95. The summed E-state index contributed by atoms with van der Waals surface area (Å²) in [6.07, 6.45) is 4.13. The van der Waals surface area contributed by atoms with Crippen LogP contribution in [0.1, 0.15) is 12.8 Å². The fourth-order valence-corrected chi connectivity index (χ4v) is 1.35. The van der Waals surface area contributed by atoms with Crippen LogP contribution in [0.15, 0.2) is 0 Å². The molecule has 0 aromatic heterocycles. The van der Waals surface area contributed by atoms with Gasteiger partial charge >= 0.3 is 5.97 Å². The molecule has 1 fully saturated rings. The van der Waals surface area contributed by atoms with E-state index in [4.69, 9.17) is 5.11 Å². The van der Waals surface area contributed by atoms with Crippen LogP contribution < -0.4 is 0 Å². The summed E-state index contributed by atoms with van der Waals surface area (Å²) in [4.78, 5) is 10.4. The maximum absolute atomic E-state index is 10.4. The minimum atomic E-state index is -0.602. The topological polar surface area (TPSA) is 37.3 Å². The average molecular weight is 126 g/mol. The number of aliphatic carboxylic acids is 1. The summed E-state index contributed by atoms with van der Waals surface area (Å²) in [5, 5.41) is 8.54. The Balaban J connectivity index is 2.31. The molecule has 1 heterocycles. The van der Waals surface area contributed by atoms with Gasteiger partial charge in [0.25, 0.3) is 0 Å². The second kappa shape index (κ2) is 2.90. The number of hydrogen-bond acceptors (Lipinski definition) is 1. The van der Waals surface area contributed by atoms with E-state index >= 15 is 0 Å². The molecule has 1 aliphatic rings. The fraction of sp³-hybridized carbons (Fsp3) is 0.833. The maximum atomic E-state index is 10.4. The zero-order chi connectivity index (χ0) is 6.69. The highest BCUT2D eigenvalue weighted by Gasteiger charge is 2.19. The smallest absolute Gasteiger partial charge is 0.305 e. The number of carboxylic acid groups (broad SMARTS) is 1. The van der Waals surface area contributed by atoms with Crippen LogP contribution >= 0.6 is 0 Å². The highest BCUT2D eigenvalue weighted by atomic mass is 16.4. The van der Waals surface area contributed by atoms with E-state index in [1.807, 2.05) is 0 Å². The molecular formula is C6H11BO2. The molecule has 50 valence electrons. The van der Waals surface area contributed by atoms with Gasteiger partial charge in [0, 0.05) is 5.92 Å². The summed E-state index contributed by atoms with van der Waals surface area (Å²) in [6.45, 7) is 0. The average Bonchev–Trinajstić information content (AvgIpc) is 1.90. The molecule has 0 radical (unpaired) electrons. The molecular weight excluding hydrogens is 115 g/mol. The van der Waals surface area contributed by atoms with E-state index in [0.717, 1.165) is 26.4 Å². The van der Waals surface area contributed by atoms with Crippen molar-refractivity contribution < 1.29 is 9.90 Å². The van der Waals surface area contributed by atoms with Gasteiger partial charge in [-0.2, -0.15) is 0 Å². The lowest BCUT2D eigenvalue weighted by molar-refractivity contribution is -0.141. The van der Waals surface area contributed by atoms with Gasteiger partial charge < -0.3 is 5.11 Å². The monoisotopic (exact) mass is 126 g/mol. The van der Waals surface area contributed by atoms with Gasteiger partial charge in [0.2, 0.25) is 0 Å². The third-order valence-corrected chi connectivity index (χ3v) is 1.95. The zero-order valence-electron chi connectivity index (χ0n) is 5.47. The van der Waals surface area contributed by atoms with Gasteiger partial charge in [-0.05, 0) is 6.42 Å². The molecule has 1 aliphatic heterocycles. The summed E-state index contributed by atoms with van der Waals surface area (Å²) in [6, 6.07) is 0. The quantitative estimate of drug-likeness (QED) is 0.526. The first-order valence-corrected chi connectivity index (χ1v) is 3.53. The first-order valence-electron chi connectivity index (χ1n) is 3.53. The Morgan fingerprint density at radius 2 is 2.44 bits per heavy atom. The van der Waals surface area contributed by atoms with E-state index in [1.54, 1.807) is 0 Å². The van der Waals surface area contributed by atoms with Crippen molar-refractivity contribution in [3.63, 3.8) is 0 Å². The molecule has 1 rings (SSSR count). The van der Waals surface area contributed by atoms with Crippen molar-refractivity contribution in [1.82, 2.24) is 0 Å². The highest BCUT2D eigenvalue weighted by molar-refractivity contribution is 6.36. The van der Waals surface area contributed by atoms with Gasteiger partial charge in [0.15, 0.2) is 0 Å². The van der Waals surface area contributed by atoms with Gasteiger partial charge in [-0.25, -0.2) is 0 Å². The van der Waals surface area contributed by atoms with Gasteiger partial charge in [0.1, 0.15) is 7.28 Å². The molecule has 2 nitrogen and oxygen atoms in total. The Morgan fingerprint density at radius 3 is 2.78 bits per heavy atom. The first-order chi connectivity index (χ1) is 4.30. The van der Waals surface area contributed by atoms with Crippen LogP contribution in [0.2, 0.25) is 12.6 Å². The van der Waals surface area contributed by atoms with Crippen molar-refractivity contribution >= 4 is 13.2 Å². The van der Waals surface area contributed by atoms with Gasteiger partial charge in [-0.3, -0.25) is 4.79 Å². The van der Waals surface area contributed by atoms with Crippen LogP contribution in [0, 0.1) is 5.92 Å². The van der Waals surface area contributed by atoms with Crippen LogP contribution in [0.3, 0.4) is 0 Å². The van der Waals surface area contributed by atoms with Crippen LogP contribution in [0.4, 0.5) is 0 Å². The highest BCUT2D eigenvalue weighted by Crippen LogP contribution is 2.19. The standard InChI is InChI=1S/C6H11BO2/c8-6(9)5-2-1-3-7-4-5/h5,7H,1-4H2,(H,8,9). The molecule has 0 bridgehead atoms. The molecule has 0 saturated carbocycles. The molecule has 1 atom stereocenters. The predicted molar refractivity (Wildman–Crippen MR) is 37.1 cm³/mol. The maximum Gasteiger partial charge on any atom is 0.305 e. The molecule has 0 aliphatic carbocycles. The van der Waals surface area contributed by atoms with Crippen LogP contribution in [-0.2, 0) is 4.79 Å². The van der Waals surface area contributed by atoms with Crippen molar-refractivity contribution in [2.75, 3.05) is 0 Å². The Morgan fingerprint density at radius 1 is 1.67 bits per heavy atom. The SMILES string of the molecule is O=C(O)C1CBCCC1. The van der Waals surface area contributed by atoms with Crippen molar-refractivity contribution in [3.05, 3.63) is 0 Å². The van der Waals surface area contributed by atoms with Gasteiger partial charge in [-0.1, -0.05) is 19.1 Å². The van der Waals surface area contributed by atoms with E-state index in [9.17, 15) is 4.79 Å². The summed E-state index contributed by atoms with van der Waals surface area (Å²) in [5.41, 5.74) is 0. The van der Waals surface area contributed by atoms with Crippen molar-refractivity contribution in [2.45, 2.75) is 25.5 Å². The molecule has 0 aromatic rings. The lowest BCUT2D eigenvalue weighted by Crippen LogP contribution is -2.19. The molecule has 3 heteroatoms. The molecule has 0 amide bonds. The van der Waals surface area contributed by atoms with E-state index < -0.39 is 5.97 Å². The Kier molecular flexibility index (Phi) is 2.14. The number of carbonyl (C=O) groups is 1. The normalized spacial score (nSPS) is 26.9. The molecule has 1 unspecified atom stereocenters. The van der Waals surface area contributed by atoms with E-state index in [0.29, 0.717) is 0 Å². The summed E-state index contributed by atoms with van der Waals surface area (Å²) in [7, 11) is 1.11. The first kappa shape index (κ1) is 6.65. The van der Waals surface area contributed by atoms with E-state index in [1.165, 1.54) is 6.32 Å². The molecule has 1 saturated heterocycles. The predicted octanol–water partition coefficient (Wildman–Crippen LogP) is 0.754. The van der Waals surface area contributed by atoms with E-state index in [2.05, 4.69) is 0 Å². The van der Waals surface area contributed by atoms with Crippen molar-refractivity contribution in [3.8, 4) is 0 Å². The number of rotatable bonds is 1. The Hall–Kier alpha value is -0.465. The minimum absolute atomic E-state index is 0.0289. The molecule has 0 spiro atoms. The fourth-order valence-electron chi connectivity index (χ4n) is 1.35. The van der Waals surface area contributed by atoms with Crippen LogP contribution in [-0.4, -0.2) is 18.4 Å². The molecule has 1 N–H and O–H groups in total. The third kappa shape index (κ3) is 1.73. The van der Waals surface area contributed by atoms with Crippen molar-refractivity contribution in [1.29, 1.82) is 0 Å². The second-order valence-electron chi connectivity index (χ2n) is 2.67. The second-order valence-corrected chi connectivity index (χ2v) is 2.67. The number of hydrogen-bond donors (Lipinski definition) is 1. The largest absolute Gasteiger partial charge is 0.481 e. The van der Waals surface area contributed by atoms with Crippen LogP contribution in [0.5, 0.6) is 0 Å². The zero-order valence-corrected chi connectivity index (χ0v) is 5.47. The Labute approximate surface area is 55.5 Å². The minimum Gasteiger partial charge on any atom is -0.481 e. The van der Waals surface area contributed by atoms with Crippen molar-refractivity contribution in [2.24, 2.45) is 5.92 Å².